The van der Waals surface area contributed by atoms with E-state index in [2.05, 4.69) is 33.7 Å². The molecule has 0 aromatic heterocycles. The number of rotatable bonds is 9. The molecule has 9 heteroatoms. The van der Waals surface area contributed by atoms with Gasteiger partial charge in [0, 0.05) is 30.6 Å². The lowest BCUT2D eigenvalue weighted by Crippen LogP contribution is -2.54. The van der Waals surface area contributed by atoms with Gasteiger partial charge in [-0.15, -0.1) is 0 Å². The maximum atomic E-state index is 13.6. The zero-order valence-electron chi connectivity index (χ0n) is 28.2. The molecule has 3 heterocycles. The molecular formula is C38H53ClN4O3S. The molecule has 1 saturated carbocycles. The number of halogens is 1. The summed E-state index contributed by atoms with van der Waals surface area (Å²) < 4.78 is 26.5. The van der Waals surface area contributed by atoms with Gasteiger partial charge in [-0.25, -0.2) is 8.42 Å². The van der Waals surface area contributed by atoms with Crippen LogP contribution in [0.5, 0.6) is 0 Å². The van der Waals surface area contributed by atoms with Crippen LogP contribution in [0.15, 0.2) is 48.5 Å². The van der Waals surface area contributed by atoms with Crippen LogP contribution < -0.4 is 10.6 Å². The van der Waals surface area contributed by atoms with Crippen LogP contribution in [0, 0.1) is 16.7 Å². The maximum absolute atomic E-state index is 13.6. The van der Waals surface area contributed by atoms with Crippen LogP contribution in [0.2, 0.25) is 5.02 Å². The minimum atomic E-state index is -3.18. The van der Waals surface area contributed by atoms with Crippen molar-refractivity contribution in [3.63, 3.8) is 0 Å². The molecule has 3 N–H and O–H groups in total. The first-order valence-electron chi connectivity index (χ1n) is 17.9. The van der Waals surface area contributed by atoms with Crippen LogP contribution in [-0.4, -0.2) is 60.7 Å². The summed E-state index contributed by atoms with van der Waals surface area (Å²) in [5.74, 6) is 0.921. The predicted molar refractivity (Wildman–Crippen MR) is 191 cm³/mol. The molecule has 2 saturated heterocycles. The first-order chi connectivity index (χ1) is 22.5. The topological polar surface area (TPSA) is 102 Å². The van der Waals surface area contributed by atoms with E-state index in [9.17, 15) is 18.6 Å². The van der Waals surface area contributed by atoms with Gasteiger partial charge >= 0.3 is 0 Å². The summed E-state index contributed by atoms with van der Waals surface area (Å²) >= 11 is 6.19. The van der Waals surface area contributed by atoms with Gasteiger partial charge in [0.25, 0.3) is 0 Å². The third kappa shape index (κ3) is 7.45. The van der Waals surface area contributed by atoms with E-state index in [-0.39, 0.29) is 22.6 Å². The fourth-order valence-electron chi connectivity index (χ4n) is 9.12. The molecular weight excluding hydrogens is 628 g/mol. The average molecular weight is 681 g/mol. The fraction of sp³-hybridized carbons (Fsp3) is 0.632. The normalized spacial score (nSPS) is 25.9. The third-order valence-electron chi connectivity index (χ3n) is 12.1. The molecule has 1 amide bonds. The number of nitrogens with zero attached hydrogens (tertiary/aromatic N) is 1. The van der Waals surface area contributed by atoms with Crippen molar-refractivity contribution in [2.45, 2.75) is 119 Å². The Hall–Kier alpha value is -2.42. The van der Waals surface area contributed by atoms with Gasteiger partial charge in [0.05, 0.1) is 16.0 Å². The van der Waals surface area contributed by atoms with Crippen molar-refractivity contribution in [1.82, 2.24) is 15.5 Å². The molecule has 256 valence electrons. The second kappa shape index (κ2) is 14.2. The van der Waals surface area contributed by atoms with Crippen molar-refractivity contribution in [2.24, 2.45) is 11.3 Å². The number of carbonyl (C=O) groups is 1. The number of likely N-dealkylation sites (tertiary alicyclic amines) is 1. The molecule has 1 aliphatic carbocycles. The van der Waals surface area contributed by atoms with E-state index in [0.29, 0.717) is 29.6 Å². The summed E-state index contributed by atoms with van der Waals surface area (Å²) in [6, 6.07) is 15.5. The van der Waals surface area contributed by atoms with Crippen LogP contribution >= 0.6 is 11.6 Å². The van der Waals surface area contributed by atoms with E-state index in [1.807, 2.05) is 44.2 Å². The Kier molecular flexibility index (Phi) is 10.4. The number of amides is 1. The predicted octanol–water partition coefficient (Wildman–Crippen LogP) is 7.03. The number of benzene rings is 2. The van der Waals surface area contributed by atoms with Gasteiger partial charge in [0.1, 0.15) is 5.84 Å². The van der Waals surface area contributed by atoms with E-state index in [4.69, 9.17) is 11.6 Å². The minimum absolute atomic E-state index is 0.00960. The highest BCUT2D eigenvalue weighted by Gasteiger charge is 2.52. The number of hydrogen-bond donors (Lipinski definition) is 3. The summed E-state index contributed by atoms with van der Waals surface area (Å²) in [4.78, 5) is 15.8. The van der Waals surface area contributed by atoms with Crippen LogP contribution in [0.3, 0.4) is 0 Å². The SMILES string of the molecule is CC1(C)CCC(CC2(C3CCCCC3)CCN(C(=N)[C@@H](Cc3ccc(Cl)cc3)NC(=O)CC3NCCc4ccccc43)CC2)S1(=O)=O. The highest BCUT2D eigenvalue weighted by Crippen LogP contribution is 2.52. The number of piperidine rings is 1. The Bertz CT molecular complexity index is 1530. The van der Waals surface area contributed by atoms with Crippen molar-refractivity contribution in [3.05, 3.63) is 70.2 Å². The van der Waals surface area contributed by atoms with Crippen molar-refractivity contribution >= 4 is 33.2 Å². The van der Waals surface area contributed by atoms with E-state index in [1.165, 1.54) is 43.2 Å². The summed E-state index contributed by atoms with van der Waals surface area (Å²) in [5, 5.41) is 16.6. The van der Waals surface area contributed by atoms with Gasteiger partial charge < -0.3 is 15.5 Å². The molecule has 6 rings (SSSR count). The van der Waals surface area contributed by atoms with Crippen LogP contribution in [0.25, 0.3) is 0 Å². The van der Waals surface area contributed by atoms with E-state index in [1.54, 1.807) is 0 Å². The van der Waals surface area contributed by atoms with Crippen molar-refractivity contribution < 1.29 is 13.2 Å². The summed E-state index contributed by atoms with van der Waals surface area (Å²) in [6.45, 7) is 6.08. The smallest absolute Gasteiger partial charge is 0.222 e. The van der Waals surface area contributed by atoms with Gasteiger partial charge in [0.2, 0.25) is 5.91 Å². The average Bonchev–Trinajstić information content (AvgIpc) is 3.27. The maximum Gasteiger partial charge on any atom is 0.222 e. The van der Waals surface area contributed by atoms with Gasteiger partial charge in [-0.2, -0.15) is 0 Å². The molecule has 2 aromatic rings. The van der Waals surface area contributed by atoms with Gasteiger partial charge in [0.15, 0.2) is 9.84 Å². The number of fused-ring (bicyclic) bond motifs is 1. The van der Waals surface area contributed by atoms with Crippen molar-refractivity contribution in [3.8, 4) is 0 Å². The van der Waals surface area contributed by atoms with Crippen LogP contribution in [0.4, 0.5) is 0 Å². The van der Waals surface area contributed by atoms with Gasteiger partial charge in [-0.1, -0.05) is 67.3 Å². The number of carbonyl (C=O) groups excluding carboxylic acids is 1. The fourth-order valence-corrected chi connectivity index (χ4v) is 11.5. The quantitative estimate of drug-likeness (QED) is 0.195. The number of amidine groups is 1. The van der Waals surface area contributed by atoms with Crippen LogP contribution in [-0.2, 0) is 27.5 Å². The Morgan fingerprint density at radius 2 is 1.72 bits per heavy atom. The molecule has 4 aliphatic rings. The Labute approximate surface area is 287 Å². The van der Waals surface area contributed by atoms with Gasteiger partial charge in [-0.3, -0.25) is 10.2 Å². The molecule has 0 spiro atoms. The van der Waals surface area contributed by atoms with Crippen molar-refractivity contribution in [1.29, 1.82) is 5.41 Å². The Morgan fingerprint density at radius 1 is 1.02 bits per heavy atom. The highest BCUT2D eigenvalue weighted by atomic mass is 35.5. The monoisotopic (exact) mass is 680 g/mol. The molecule has 0 radical (unpaired) electrons. The van der Waals surface area contributed by atoms with E-state index < -0.39 is 20.6 Å². The lowest BCUT2D eigenvalue weighted by molar-refractivity contribution is -0.122. The number of hydrogen-bond acceptors (Lipinski definition) is 5. The van der Waals surface area contributed by atoms with Gasteiger partial charge in [-0.05, 0) is 118 Å². The first kappa shape index (κ1) is 34.4. The third-order valence-corrected chi connectivity index (χ3v) is 15.4. The molecule has 47 heavy (non-hydrogen) atoms. The van der Waals surface area contributed by atoms with Crippen molar-refractivity contribution in [2.75, 3.05) is 19.6 Å². The molecule has 3 fully saturated rings. The Balaban J connectivity index is 1.18. The minimum Gasteiger partial charge on any atom is -0.359 e. The lowest BCUT2D eigenvalue weighted by atomic mass is 9.61. The molecule has 7 nitrogen and oxygen atoms in total. The highest BCUT2D eigenvalue weighted by molar-refractivity contribution is 7.93. The molecule has 0 bridgehead atoms. The second-order valence-corrected chi connectivity index (χ2v) is 18.6. The van der Waals surface area contributed by atoms with E-state index >= 15 is 0 Å². The zero-order chi connectivity index (χ0) is 33.2. The van der Waals surface area contributed by atoms with Crippen LogP contribution in [0.1, 0.15) is 107 Å². The second-order valence-electron chi connectivity index (χ2n) is 15.3. The first-order valence-corrected chi connectivity index (χ1v) is 19.8. The molecule has 3 aliphatic heterocycles. The Morgan fingerprint density at radius 3 is 2.40 bits per heavy atom. The summed E-state index contributed by atoms with van der Waals surface area (Å²) in [7, 11) is -3.18. The summed E-state index contributed by atoms with van der Waals surface area (Å²) in [5.41, 5.74) is 3.48. The zero-order valence-corrected chi connectivity index (χ0v) is 29.8. The standard InChI is InChI=1S/C38H53ClN4O3S/c1-37(2)18-16-31(47(37,45)46)26-38(29-9-4-3-5-10-29)19-22-43(23-20-38)36(40)34(24-27-12-14-30(39)15-13-27)42-35(44)25-33-32-11-7-6-8-28(32)17-21-41-33/h6-8,11-15,29,31,33-34,40-41H,3-5,9-10,16-26H2,1-2H3,(H,42,44)/t31?,33?,34-/m1/s1. The number of nitrogens with one attached hydrogen (secondary N) is 3. The number of sulfone groups is 1. The largest absolute Gasteiger partial charge is 0.359 e. The molecule has 2 unspecified atom stereocenters. The van der Waals surface area contributed by atoms with E-state index in [0.717, 1.165) is 63.7 Å². The molecule has 2 aromatic carbocycles. The summed E-state index contributed by atoms with van der Waals surface area (Å²) in [6.07, 6.45) is 11.9. The lowest BCUT2D eigenvalue weighted by Gasteiger charge is -2.50. The molecule has 3 atom stereocenters.